The van der Waals surface area contributed by atoms with Crippen LogP contribution in [0, 0.1) is 0 Å². The fraction of sp³-hybridized carbons (Fsp3) is 0.348. The zero-order chi connectivity index (χ0) is 22.3. The standard InChI is InChI=1S/C23H29N3O4S/c1-3-10-25-31(28,29)22-9-5-8-21(14-22)23(27)24-15-19-6-4-7-20(13-19)17-26-11-12-30-18(2)16-26/h3-9,13-14,18,25H,1,10-12,15-17H2,2H3,(H,24,27). The first kappa shape index (κ1) is 23.1. The van der Waals surface area contributed by atoms with Crippen LogP contribution in [0.1, 0.15) is 28.4 Å². The molecule has 1 amide bonds. The van der Waals surface area contributed by atoms with Crippen molar-refractivity contribution in [1.29, 1.82) is 0 Å². The minimum absolute atomic E-state index is 0.0451. The number of rotatable bonds is 9. The number of carbonyl (C=O) groups excluding carboxylic acids is 1. The second-order valence-electron chi connectivity index (χ2n) is 7.59. The van der Waals surface area contributed by atoms with Crippen LogP contribution in [0.3, 0.4) is 0 Å². The third-order valence-corrected chi connectivity index (χ3v) is 6.42. The predicted octanol–water partition coefficient (Wildman–Crippen LogP) is 2.30. The van der Waals surface area contributed by atoms with E-state index in [-0.39, 0.29) is 23.5 Å². The van der Waals surface area contributed by atoms with E-state index in [1.807, 2.05) is 12.1 Å². The largest absolute Gasteiger partial charge is 0.376 e. The van der Waals surface area contributed by atoms with E-state index in [4.69, 9.17) is 4.74 Å². The second kappa shape index (κ2) is 10.7. The quantitative estimate of drug-likeness (QED) is 0.581. The van der Waals surface area contributed by atoms with Crippen LogP contribution in [0.15, 0.2) is 66.1 Å². The molecule has 2 aromatic carbocycles. The second-order valence-corrected chi connectivity index (χ2v) is 9.35. The maximum absolute atomic E-state index is 12.6. The highest BCUT2D eigenvalue weighted by Gasteiger charge is 2.17. The SMILES string of the molecule is C=CCNS(=O)(=O)c1cccc(C(=O)NCc2cccc(CN3CCOC(C)C3)c2)c1. The number of ether oxygens (including phenoxy) is 1. The maximum Gasteiger partial charge on any atom is 0.251 e. The van der Waals surface area contributed by atoms with Crippen LogP contribution < -0.4 is 10.0 Å². The third kappa shape index (κ3) is 6.73. The van der Waals surface area contributed by atoms with Crippen LogP contribution in [0.25, 0.3) is 0 Å². The highest BCUT2D eigenvalue weighted by molar-refractivity contribution is 7.89. The van der Waals surface area contributed by atoms with Crippen LogP contribution in [-0.4, -0.2) is 51.6 Å². The van der Waals surface area contributed by atoms with E-state index in [9.17, 15) is 13.2 Å². The van der Waals surface area contributed by atoms with Gasteiger partial charge in [-0.1, -0.05) is 36.4 Å². The van der Waals surface area contributed by atoms with Crippen LogP contribution >= 0.6 is 0 Å². The van der Waals surface area contributed by atoms with Gasteiger partial charge in [-0.15, -0.1) is 6.58 Å². The number of morpholine rings is 1. The molecule has 2 N–H and O–H groups in total. The summed E-state index contributed by atoms with van der Waals surface area (Å²) >= 11 is 0. The van der Waals surface area contributed by atoms with Gasteiger partial charge in [0.25, 0.3) is 5.91 Å². The molecule has 8 heteroatoms. The Bertz CT molecular complexity index is 1020. The number of hydrogen-bond acceptors (Lipinski definition) is 5. The summed E-state index contributed by atoms with van der Waals surface area (Å²) in [5.41, 5.74) is 2.46. The average Bonchev–Trinajstić information content (AvgIpc) is 2.76. The van der Waals surface area contributed by atoms with E-state index in [1.165, 1.54) is 23.8 Å². The van der Waals surface area contributed by atoms with E-state index in [1.54, 1.807) is 12.1 Å². The third-order valence-electron chi connectivity index (χ3n) is 5.00. The zero-order valence-electron chi connectivity index (χ0n) is 17.7. The first-order chi connectivity index (χ1) is 14.9. The first-order valence-electron chi connectivity index (χ1n) is 10.3. The molecule has 0 radical (unpaired) electrons. The van der Waals surface area contributed by atoms with Gasteiger partial charge in [-0.2, -0.15) is 0 Å². The average molecular weight is 444 g/mol. The van der Waals surface area contributed by atoms with Crippen molar-refractivity contribution in [2.24, 2.45) is 0 Å². The molecule has 166 valence electrons. The van der Waals surface area contributed by atoms with Gasteiger partial charge in [-0.05, 0) is 36.2 Å². The van der Waals surface area contributed by atoms with Crippen LogP contribution in [0.2, 0.25) is 0 Å². The normalized spacial score (nSPS) is 17.3. The summed E-state index contributed by atoms with van der Waals surface area (Å²) in [4.78, 5) is 15.0. The maximum atomic E-state index is 12.6. The number of sulfonamides is 1. The van der Waals surface area contributed by atoms with E-state index >= 15 is 0 Å². The van der Waals surface area contributed by atoms with E-state index in [2.05, 4.69) is 40.6 Å². The molecule has 0 aliphatic carbocycles. The van der Waals surface area contributed by atoms with Crippen molar-refractivity contribution in [1.82, 2.24) is 14.9 Å². The Morgan fingerprint density at radius 3 is 2.77 bits per heavy atom. The summed E-state index contributed by atoms with van der Waals surface area (Å²) < 4.78 is 32.5. The Morgan fingerprint density at radius 1 is 1.23 bits per heavy atom. The van der Waals surface area contributed by atoms with Gasteiger partial charge >= 0.3 is 0 Å². The van der Waals surface area contributed by atoms with Crippen molar-refractivity contribution < 1.29 is 17.9 Å². The smallest absolute Gasteiger partial charge is 0.251 e. The molecule has 1 saturated heterocycles. The minimum atomic E-state index is -3.68. The molecule has 1 atom stereocenters. The molecule has 0 aromatic heterocycles. The van der Waals surface area contributed by atoms with Gasteiger partial charge in [-0.25, -0.2) is 13.1 Å². The van der Waals surface area contributed by atoms with Crippen molar-refractivity contribution in [3.8, 4) is 0 Å². The number of nitrogens with zero attached hydrogens (tertiary/aromatic N) is 1. The number of benzene rings is 2. The summed E-state index contributed by atoms with van der Waals surface area (Å²) in [5, 5.41) is 2.87. The highest BCUT2D eigenvalue weighted by Crippen LogP contribution is 2.14. The molecule has 0 saturated carbocycles. The minimum Gasteiger partial charge on any atom is -0.376 e. The van der Waals surface area contributed by atoms with Gasteiger partial charge in [0.2, 0.25) is 10.0 Å². The molecular weight excluding hydrogens is 414 g/mol. The van der Waals surface area contributed by atoms with Gasteiger partial charge in [0.05, 0.1) is 17.6 Å². The lowest BCUT2D eigenvalue weighted by molar-refractivity contribution is -0.0212. The molecule has 3 rings (SSSR count). The molecule has 1 aliphatic heterocycles. The molecule has 2 aromatic rings. The Morgan fingerprint density at radius 2 is 2.00 bits per heavy atom. The van der Waals surface area contributed by atoms with Crippen molar-refractivity contribution in [2.45, 2.75) is 31.0 Å². The van der Waals surface area contributed by atoms with Crippen LogP contribution in [-0.2, 0) is 27.8 Å². The topological polar surface area (TPSA) is 87.7 Å². The van der Waals surface area contributed by atoms with Crippen molar-refractivity contribution in [3.05, 3.63) is 77.9 Å². The molecule has 0 bridgehead atoms. The number of carbonyl (C=O) groups is 1. The van der Waals surface area contributed by atoms with Gasteiger partial charge in [0.15, 0.2) is 0 Å². The molecule has 1 unspecified atom stereocenters. The zero-order valence-corrected chi connectivity index (χ0v) is 18.5. The molecule has 1 aliphatic rings. The Labute approximate surface area is 184 Å². The van der Waals surface area contributed by atoms with Gasteiger partial charge in [0.1, 0.15) is 0 Å². The van der Waals surface area contributed by atoms with E-state index in [0.717, 1.165) is 31.8 Å². The fourth-order valence-corrected chi connectivity index (χ4v) is 4.51. The van der Waals surface area contributed by atoms with Gasteiger partial charge in [0, 0.05) is 38.3 Å². The summed E-state index contributed by atoms with van der Waals surface area (Å²) in [7, 11) is -3.68. The summed E-state index contributed by atoms with van der Waals surface area (Å²) in [5.74, 6) is -0.326. The molecule has 31 heavy (non-hydrogen) atoms. The fourth-order valence-electron chi connectivity index (χ4n) is 3.47. The molecule has 1 heterocycles. The monoisotopic (exact) mass is 443 g/mol. The summed E-state index contributed by atoms with van der Waals surface area (Å²) in [6.45, 7) is 9.46. The van der Waals surface area contributed by atoms with Crippen LogP contribution in [0.5, 0.6) is 0 Å². The lowest BCUT2D eigenvalue weighted by Gasteiger charge is -2.31. The molecule has 0 spiro atoms. The predicted molar refractivity (Wildman–Crippen MR) is 120 cm³/mol. The molecule has 1 fully saturated rings. The van der Waals surface area contributed by atoms with Gasteiger partial charge < -0.3 is 10.1 Å². The Balaban J connectivity index is 1.61. The summed E-state index contributed by atoms with van der Waals surface area (Å²) in [6, 6.07) is 14.1. The summed E-state index contributed by atoms with van der Waals surface area (Å²) in [6.07, 6.45) is 1.70. The Kier molecular flexibility index (Phi) is 7.97. The van der Waals surface area contributed by atoms with Crippen molar-refractivity contribution >= 4 is 15.9 Å². The van der Waals surface area contributed by atoms with Crippen molar-refractivity contribution in [3.63, 3.8) is 0 Å². The van der Waals surface area contributed by atoms with E-state index < -0.39 is 10.0 Å². The van der Waals surface area contributed by atoms with Gasteiger partial charge in [-0.3, -0.25) is 9.69 Å². The number of hydrogen-bond donors (Lipinski definition) is 2. The first-order valence-corrected chi connectivity index (χ1v) is 11.8. The van der Waals surface area contributed by atoms with E-state index in [0.29, 0.717) is 12.1 Å². The lowest BCUT2D eigenvalue weighted by Crippen LogP contribution is -2.40. The van der Waals surface area contributed by atoms with Crippen LogP contribution in [0.4, 0.5) is 0 Å². The highest BCUT2D eigenvalue weighted by atomic mass is 32.2. The molecular formula is C23H29N3O4S. The molecule has 7 nitrogen and oxygen atoms in total. The Hall–Kier alpha value is -2.52. The number of amides is 1. The number of nitrogens with one attached hydrogen (secondary N) is 2. The van der Waals surface area contributed by atoms with Crippen molar-refractivity contribution in [2.75, 3.05) is 26.2 Å². The lowest BCUT2D eigenvalue weighted by atomic mass is 10.1.